The van der Waals surface area contributed by atoms with Crippen LogP contribution in [0.5, 0.6) is 0 Å². The van der Waals surface area contributed by atoms with Gasteiger partial charge in [0, 0.05) is 5.02 Å². The molecule has 1 rings (SSSR count). The number of unbranched alkanes of at least 4 members (excludes halogenated alkanes) is 1. The monoisotopic (exact) mass is 255 g/mol. The highest BCUT2D eigenvalue weighted by Crippen LogP contribution is 2.12. The van der Waals surface area contributed by atoms with Crippen LogP contribution in [0.4, 0.5) is 0 Å². The van der Waals surface area contributed by atoms with Crippen molar-refractivity contribution in [3.63, 3.8) is 0 Å². The van der Waals surface area contributed by atoms with Gasteiger partial charge in [-0.1, -0.05) is 43.5 Å². The second-order valence-corrected chi connectivity index (χ2v) is 4.42. The molecule has 17 heavy (non-hydrogen) atoms. The smallest absolute Gasteiger partial charge is 0.323 e. The van der Waals surface area contributed by atoms with E-state index in [4.69, 9.17) is 22.1 Å². The van der Waals surface area contributed by atoms with Gasteiger partial charge in [-0.25, -0.2) is 0 Å². The van der Waals surface area contributed by atoms with Crippen LogP contribution in [-0.2, 0) is 16.1 Å². The molecule has 0 aliphatic carbocycles. The lowest BCUT2D eigenvalue weighted by atomic mass is 10.1. The Balaban J connectivity index is 2.37. The second-order valence-electron chi connectivity index (χ2n) is 3.99. The molecular weight excluding hydrogens is 238 g/mol. The van der Waals surface area contributed by atoms with Gasteiger partial charge in [0.25, 0.3) is 0 Å². The van der Waals surface area contributed by atoms with Gasteiger partial charge in [-0.2, -0.15) is 0 Å². The molecule has 4 heteroatoms. The van der Waals surface area contributed by atoms with Crippen molar-refractivity contribution in [3.05, 3.63) is 34.9 Å². The minimum absolute atomic E-state index is 0.221. The van der Waals surface area contributed by atoms with Gasteiger partial charge in [0.05, 0.1) is 0 Å². The van der Waals surface area contributed by atoms with E-state index in [-0.39, 0.29) is 12.6 Å². The molecule has 0 aromatic heterocycles. The number of carbonyl (C=O) groups excluding carboxylic acids is 1. The number of hydrogen-bond acceptors (Lipinski definition) is 3. The summed E-state index contributed by atoms with van der Waals surface area (Å²) in [6.07, 6.45) is 2.63. The molecule has 0 radical (unpaired) electrons. The largest absolute Gasteiger partial charge is 0.460 e. The summed E-state index contributed by atoms with van der Waals surface area (Å²) < 4.78 is 5.12. The molecule has 0 aliphatic rings. The van der Waals surface area contributed by atoms with Crippen LogP contribution in [-0.4, -0.2) is 12.0 Å². The topological polar surface area (TPSA) is 52.3 Å². The van der Waals surface area contributed by atoms with Crippen LogP contribution in [0, 0.1) is 0 Å². The quantitative estimate of drug-likeness (QED) is 0.796. The molecule has 0 saturated carbocycles. The first kappa shape index (κ1) is 14.0. The molecule has 0 aliphatic heterocycles. The van der Waals surface area contributed by atoms with Crippen LogP contribution >= 0.6 is 11.6 Å². The summed E-state index contributed by atoms with van der Waals surface area (Å²) in [5.41, 5.74) is 6.57. The van der Waals surface area contributed by atoms with Gasteiger partial charge in [0.1, 0.15) is 12.6 Å². The average Bonchev–Trinajstić information content (AvgIpc) is 2.33. The highest BCUT2D eigenvalue weighted by Gasteiger charge is 2.14. The highest BCUT2D eigenvalue weighted by molar-refractivity contribution is 6.30. The fraction of sp³-hybridized carbons (Fsp3) is 0.462. The van der Waals surface area contributed by atoms with E-state index in [0.29, 0.717) is 11.4 Å². The first-order valence-electron chi connectivity index (χ1n) is 5.80. The SMILES string of the molecule is CCCC[C@H](N)C(=O)OCc1cccc(Cl)c1. The number of benzene rings is 1. The molecule has 0 spiro atoms. The zero-order valence-electron chi connectivity index (χ0n) is 9.99. The highest BCUT2D eigenvalue weighted by atomic mass is 35.5. The van der Waals surface area contributed by atoms with Gasteiger partial charge in [0.2, 0.25) is 0 Å². The summed E-state index contributed by atoms with van der Waals surface area (Å²) in [6, 6.07) is 6.71. The Kier molecular flexibility index (Phi) is 6.01. The predicted molar refractivity (Wildman–Crippen MR) is 68.7 cm³/mol. The minimum atomic E-state index is -0.519. The van der Waals surface area contributed by atoms with Gasteiger partial charge >= 0.3 is 5.97 Å². The fourth-order valence-corrected chi connectivity index (χ4v) is 1.64. The molecule has 0 unspecified atom stereocenters. The summed E-state index contributed by atoms with van der Waals surface area (Å²) in [7, 11) is 0. The van der Waals surface area contributed by atoms with E-state index < -0.39 is 6.04 Å². The molecule has 2 N–H and O–H groups in total. The summed E-state index contributed by atoms with van der Waals surface area (Å²) in [5.74, 6) is -0.349. The molecule has 94 valence electrons. The lowest BCUT2D eigenvalue weighted by molar-refractivity contribution is -0.146. The van der Waals surface area contributed by atoms with E-state index in [2.05, 4.69) is 6.92 Å². The van der Waals surface area contributed by atoms with Crippen LogP contribution in [0.1, 0.15) is 31.7 Å². The first-order valence-corrected chi connectivity index (χ1v) is 6.18. The third kappa shape index (κ3) is 5.20. The van der Waals surface area contributed by atoms with Gasteiger partial charge in [0.15, 0.2) is 0 Å². The number of halogens is 1. The third-order valence-corrected chi connectivity index (χ3v) is 2.68. The maximum atomic E-state index is 11.5. The van der Waals surface area contributed by atoms with E-state index in [1.807, 2.05) is 12.1 Å². The van der Waals surface area contributed by atoms with E-state index in [9.17, 15) is 4.79 Å². The van der Waals surface area contributed by atoms with E-state index >= 15 is 0 Å². The summed E-state index contributed by atoms with van der Waals surface area (Å²) in [6.45, 7) is 2.28. The number of carbonyl (C=O) groups is 1. The van der Waals surface area contributed by atoms with Crippen LogP contribution < -0.4 is 5.73 Å². The summed E-state index contributed by atoms with van der Waals surface area (Å²) in [4.78, 5) is 11.5. The van der Waals surface area contributed by atoms with Crippen LogP contribution in [0.2, 0.25) is 5.02 Å². The zero-order valence-corrected chi connectivity index (χ0v) is 10.7. The van der Waals surface area contributed by atoms with Crippen molar-refractivity contribution in [2.45, 2.75) is 38.8 Å². The maximum Gasteiger partial charge on any atom is 0.323 e. The van der Waals surface area contributed by atoms with Gasteiger partial charge < -0.3 is 10.5 Å². The third-order valence-electron chi connectivity index (χ3n) is 2.44. The summed E-state index contributed by atoms with van der Waals surface area (Å²) in [5, 5.41) is 0.633. The Morgan fingerprint density at radius 1 is 1.53 bits per heavy atom. The Labute approximate surface area is 107 Å². The molecule has 0 amide bonds. The van der Waals surface area contributed by atoms with Crippen LogP contribution in [0.15, 0.2) is 24.3 Å². The molecule has 1 aromatic rings. The second kappa shape index (κ2) is 7.30. The Morgan fingerprint density at radius 2 is 2.29 bits per heavy atom. The van der Waals surface area contributed by atoms with Gasteiger partial charge in [-0.15, -0.1) is 0 Å². The standard InChI is InChI=1S/C13H18ClNO2/c1-2-3-7-12(15)13(16)17-9-10-5-4-6-11(14)8-10/h4-6,8,12H,2-3,7,9,15H2,1H3/t12-/m0/s1. The van der Waals surface area contributed by atoms with Crippen molar-refractivity contribution in [1.29, 1.82) is 0 Å². The molecule has 0 saturated heterocycles. The van der Waals surface area contributed by atoms with E-state index in [1.54, 1.807) is 12.1 Å². The van der Waals surface area contributed by atoms with Crippen molar-refractivity contribution in [1.82, 2.24) is 0 Å². The number of rotatable bonds is 6. The lowest BCUT2D eigenvalue weighted by Gasteiger charge is -2.11. The normalized spacial score (nSPS) is 12.2. The van der Waals surface area contributed by atoms with Gasteiger partial charge in [-0.05, 0) is 24.1 Å². The Morgan fingerprint density at radius 3 is 2.94 bits per heavy atom. The van der Waals surface area contributed by atoms with Crippen LogP contribution in [0.3, 0.4) is 0 Å². The number of nitrogens with two attached hydrogens (primary N) is 1. The molecule has 0 bridgehead atoms. The van der Waals surface area contributed by atoms with Crippen LogP contribution in [0.25, 0.3) is 0 Å². The number of ether oxygens (including phenoxy) is 1. The van der Waals surface area contributed by atoms with Crippen molar-refractivity contribution in [2.24, 2.45) is 5.73 Å². The molecule has 0 heterocycles. The number of esters is 1. The molecule has 3 nitrogen and oxygen atoms in total. The fourth-order valence-electron chi connectivity index (χ4n) is 1.43. The lowest BCUT2D eigenvalue weighted by Crippen LogP contribution is -2.32. The molecule has 1 atom stereocenters. The van der Waals surface area contributed by atoms with Gasteiger partial charge in [-0.3, -0.25) is 4.79 Å². The molecule has 1 aromatic carbocycles. The zero-order chi connectivity index (χ0) is 12.7. The minimum Gasteiger partial charge on any atom is -0.460 e. The summed E-state index contributed by atoms with van der Waals surface area (Å²) >= 11 is 5.83. The average molecular weight is 256 g/mol. The van der Waals surface area contributed by atoms with E-state index in [0.717, 1.165) is 18.4 Å². The van der Waals surface area contributed by atoms with Crippen molar-refractivity contribution < 1.29 is 9.53 Å². The first-order chi connectivity index (χ1) is 8.13. The van der Waals surface area contributed by atoms with Crippen molar-refractivity contribution in [3.8, 4) is 0 Å². The molecular formula is C13H18ClNO2. The number of hydrogen-bond donors (Lipinski definition) is 1. The Hall–Kier alpha value is -1.06. The predicted octanol–water partition coefficient (Wildman–Crippen LogP) is 2.90. The Bertz CT molecular complexity index is 368. The van der Waals surface area contributed by atoms with E-state index in [1.165, 1.54) is 0 Å². The van der Waals surface area contributed by atoms with Crippen molar-refractivity contribution >= 4 is 17.6 Å². The molecule has 0 fully saturated rings. The van der Waals surface area contributed by atoms with Crippen molar-refractivity contribution in [2.75, 3.05) is 0 Å². The maximum absolute atomic E-state index is 11.5.